The number of ether oxygens (including phenoxy) is 1. The molecule has 3 atom stereocenters. The Morgan fingerprint density at radius 2 is 2.07 bits per heavy atom. The van der Waals surface area contributed by atoms with E-state index in [-0.39, 0.29) is 23.2 Å². The number of hydrogen-bond donors (Lipinski definition) is 1. The first kappa shape index (κ1) is 21.2. The van der Waals surface area contributed by atoms with E-state index in [0.717, 1.165) is 19.4 Å². The van der Waals surface area contributed by atoms with Gasteiger partial charge in [-0.1, -0.05) is 12.8 Å². The fourth-order valence-corrected chi connectivity index (χ4v) is 4.86. The maximum absolute atomic E-state index is 12.2. The highest BCUT2D eigenvalue weighted by Gasteiger charge is 2.38. The topological polar surface area (TPSA) is 116 Å². The maximum Gasteiger partial charge on any atom is 0.283 e. The van der Waals surface area contributed by atoms with Crippen molar-refractivity contribution in [1.29, 1.82) is 0 Å². The molecule has 2 fully saturated rings. The number of fused-ring (bicyclic) bond motifs is 1. The second kappa shape index (κ2) is 9.82. The average molecular weight is 403 g/mol. The average Bonchev–Trinajstić information content (AvgIpc) is 2.73. The van der Waals surface area contributed by atoms with Crippen LogP contribution in [-0.4, -0.2) is 47.3 Å². The van der Waals surface area contributed by atoms with Crippen LogP contribution in [0.3, 0.4) is 0 Å². The summed E-state index contributed by atoms with van der Waals surface area (Å²) in [7, 11) is 0. The van der Waals surface area contributed by atoms with Crippen LogP contribution in [0.5, 0.6) is 5.75 Å². The minimum atomic E-state index is -0.601. The Morgan fingerprint density at radius 3 is 2.79 bits per heavy atom. The van der Waals surface area contributed by atoms with Gasteiger partial charge in [-0.05, 0) is 63.1 Å². The lowest BCUT2D eigenvalue weighted by atomic mass is 9.77. The molecule has 8 nitrogen and oxygen atoms in total. The maximum atomic E-state index is 12.2. The molecule has 1 amide bonds. The van der Waals surface area contributed by atoms with Gasteiger partial charge in [0, 0.05) is 6.04 Å². The molecule has 3 rings (SSSR count). The summed E-state index contributed by atoms with van der Waals surface area (Å²) in [5.41, 5.74) is 5.48. The molecular formula is C21H29N3O5. The van der Waals surface area contributed by atoms with E-state index in [1.165, 1.54) is 37.8 Å². The van der Waals surface area contributed by atoms with Gasteiger partial charge in [-0.2, -0.15) is 0 Å². The summed E-state index contributed by atoms with van der Waals surface area (Å²) >= 11 is 0. The Kier molecular flexibility index (Phi) is 7.19. The van der Waals surface area contributed by atoms with Crippen LogP contribution in [-0.2, 0) is 4.79 Å². The van der Waals surface area contributed by atoms with Crippen molar-refractivity contribution in [3.63, 3.8) is 0 Å². The van der Waals surface area contributed by atoms with Crippen LogP contribution in [0.1, 0.15) is 61.7 Å². The van der Waals surface area contributed by atoms with E-state index in [9.17, 15) is 19.7 Å². The molecule has 2 aliphatic rings. The summed E-state index contributed by atoms with van der Waals surface area (Å²) < 4.78 is 5.63. The lowest BCUT2D eigenvalue weighted by Crippen LogP contribution is -2.55. The van der Waals surface area contributed by atoms with E-state index < -0.39 is 4.92 Å². The highest BCUT2D eigenvalue weighted by Crippen LogP contribution is 2.36. The molecule has 2 N–H and O–H groups in total. The third-order valence-corrected chi connectivity index (χ3v) is 6.23. The number of rotatable bonds is 9. The molecule has 1 heterocycles. The van der Waals surface area contributed by atoms with Crippen molar-refractivity contribution in [3.05, 3.63) is 33.9 Å². The van der Waals surface area contributed by atoms with Crippen molar-refractivity contribution in [2.45, 2.75) is 63.5 Å². The van der Waals surface area contributed by atoms with Gasteiger partial charge in [0.15, 0.2) is 6.29 Å². The van der Waals surface area contributed by atoms with Gasteiger partial charge in [0.05, 0.1) is 29.2 Å². The highest BCUT2D eigenvalue weighted by molar-refractivity contribution is 5.81. The van der Waals surface area contributed by atoms with Crippen LogP contribution >= 0.6 is 0 Å². The molecule has 8 heteroatoms. The summed E-state index contributed by atoms with van der Waals surface area (Å²) in [5, 5.41) is 11.1. The van der Waals surface area contributed by atoms with Crippen LogP contribution in [0, 0.1) is 16.0 Å². The largest absolute Gasteiger partial charge is 0.493 e. The van der Waals surface area contributed by atoms with Crippen LogP contribution in [0.25, 0.3) is 0 Å². The van der Waals surface area contributed by atoms with Crippen molar-refractivity contribution >= 4 is 17.9 Å². The van der Waals surface area contributed by atoms with E-state index >= 15 is 0 Å². The first-order chi connectivity index (χ1) is 14.0. The predicted molar refractivity (Wildman–Crippen MR) is 108 cm³/mol. The lowest BCUT2D eigenvalue weighted by Gasteiger charge is -2.46. The standard InChI is InChI=1S/C21H29N3O5/c22-21(26)19(23-11-3-6-15-5-1-2-7-18(15)23)8-4-12-29-17-10-9-16(14-25)20(13-17)24(27)28/h9-10,13-15,18-19H,1-8,11-12H2,(H2,22,26). The number of piperidine rings is 1. The number of carbonyl (C=O) groups is 2. The summed E-state index contributed by atoms with van der Waals surface area (Å²) in [6, 6.07) is 4.33. The van der Waals surface area contributed by atoms with Crippen LogP contribution < -0.4 is 10.5 Å². The van der Waals surface area contributed by atoms with Crippen molar-refractivity contribution in [2.75, 3.05) is 13.2 Å². The van der Waals surface area contributed by atoms with Gasteiger partial charge in [-0.15, -0.1) is 0 Å². The molecule has 158 valence electrons. The zero-order chi connectivity index (χ0) is 20.8. The smallest absolute Gasteiger partial charge is 0.283 e. The molecule has 1 saturated carbocycles. The minimum Gasteiger partial charge on any atom is -0.493 e. The Morgan fingerprint density at radius 1 is 1.31 bits per heavy atom. The third kappa shape index (κ3) is 5.12. The third-order valence-electron chi connectivity index (χ3n) is 6.23. The van der Waals surface area contributed by atoms with Gasteiger partial charge in [0.2, 0.25) is 5.91 Å². The molecule has 1 aliphatic carbocycles. The first-order valence-corrected chi connectivity index (χ1v) is 10.4. The number of nitrogens with two attached hydrogens (primary N) is 1. The van der Waals surface area contributed by atoms with Gasteiger partial charge in [0.25, 0.3) is 5.69 Å². The molecule has 1 saturated heterocycles. The molecule has 1 aromatic carbocycles. The number of benzene rings is 1. The zero-order valence-corrected chi connectivity index (χ0v) is 16.6. The van der Waals surface area contributed by atoms with Crippen molar-refractivity contribution in [2.24, 2.45) is 11.7 Å². The minimum absolute atomic E-state index is 0.0169. The van der Waals surface area contributed by atoms with Crippen LogP contribution in [0.15, 0.2) is 18.2 Å². The summed E-state index contributed by atoms with van der Waals surface area (Å²) in [4.78, 5) is 35.8. The van der Waals surface area contributed by atoms with Crippen LogP contribution in [0.4, 0.5) is 5.69 Å². The molecule has 0 radical (unpaired) electrons. The number of hydrogen-bond acceptors (Lipinski definition) is 6. The second-order valence-electron chi connectivity index (χ2n) is 8.00. The number of amides is 1. The number of primary amides is 1. The monoisotopic (exact) mass is 403 g/mol. The lowest BCUT2D eigenvalue weighted by molar-refractivity contribution is -0.385. The van der Waals surface area contributed by atoms with Crippen molar-refractivity contribution in [1.82, 2.24) is 4.90 Å². The van der Waals surface area contributed by atoms with Gasteiger partial charge in [-0.25, -0.2) is 0 Å². The molecular weight excluding hydrogens is 374 g/mol. The normalized spacial score (nSPS) is 23.0. The SMILES string of the molecule is NC(=O)C(CCCOc1ccc(C=O)c([N+](=O)[O-])c1)N1CCCC2CCCCC21. The number of nitrogens with zero attached hydrogens (tertiary/aromatic N) is 2. The molecule has 0 spiro atoms. The number of likely N-dealkylation sites (tertiary alicyclic amines) is 1. The summed E-state index contributed by atoms with van der Waals surface area (Å²) in [6.07, 6.45) is 8.89. The molecule has 1 aromatic rings. The zero-order valence-electron chi connectivity index (χ0n) is 16.6. The van der Waals surface area contributed by atoms with Crippen molar-refractivity contribution in [3.8, 4) is 5.75 Å². The van der Waals surface area contributed by atoms with E-state index in [2.05, 4.69) is 4.90 Å². The number of nitro groups is 1. The fourth-order valence-electron chi connectivity index (χ4n) is 4.86. The molecule has 0 bridgehead atoms. The highest BCUT2D eigenvalue weighted by atomic mass is 16.6. The van der Waals surface area contributed by atoms with Gasteiger partial charge < -0.3 is 10.5 Å². The number of carbonyl (C=O) groups excluding carboxylic acids is 2. The Bertz CT molecular complexity index is 752. The molecule has 29 heavy (non-hydrogen) atoms. The molecule has 1 aliphatic heterocycles. The van der Waals surface area contributed by atoms with Crippen molar-refractivity contribution < 1.29 is 19.2 Å². The molecule has 0 aromatic heterocycles. The van der Waals surface area contributed by atoms with Gasteiger partial charge >= 0.3 is 0 Å². The summed E-state index contributed by atoms with van der Waals surface area (Å²) in [5.74, 6) is 0.720. The van der Waals surface area contributed by atoms with E-state index in [1.807, 2.05) is 0 Å². The number of aldehydes is 1. The molecule has 3 unspecified atom stereocenters. The van der Waals surface area contributed by atoms with E-state index in [0.29, 0.717) is 43.4 Å². The van der Waals surface area contributed by atoms with E-state index in [4.69, 9.17) is 10.5 Å². The second-order valence-corrected chi connectivity index (χ2v) is 8.00. The Balaban J connectivity index is 1.56. The summed E-state index contributed by atoms with van der Waals surface area (Å²) in [6.45, 7) is 1.23. The Labute approximate surface area is 170 Å². The van der Waals surface area contributed by atoms with Crippen LogP contribution in [0.2, 0.25) is 0 Å². The Hall–Kier alpha value is -2.48. The fraction of sp³-hybridized carbons (Fsp3) is 0.619. The van der Waals surface area contributed by atoms with E-state index in [1.54, 1.807) is 6.07 Å². The predicted octanol–water partition coefficient (Wildman–Crippen LogP) is 3.07. The van der Waals surface area contributed by atoms with Gasteiger partial charge in [-0.3, -0.25) is 24.6 Å². The van der Waals surface area contributed by atoms with Gasteiger partial charge in [0.1, 0.15) is 5.75 Å². The quantitative estimate of drug-likeness (QED) is 0.293. The first-order valence-electron chi connectivity index (χ1n) is 10.4. The number of nitro benzene ring substituents is 1.